The lowest BCUT2D eigenvalue weighted by Gasteiger charge is -2.33. The lowest BCUT2D eigenvalue weighted by atomic mass is 9.75. The van der Waals surface area contributed by atoms with Gasteiger partial charge in [0.25, 0.3) is 5.69 Å². The van der Waals surface area contributed by atoms with Crippen molar-refractivity contribution in [3.63, 3.8) is 0 Å². The van der Waals surface area contributed by atoms with Crippen LogP contribution < -0.4 is 4.74 Å². The molecule has 1 heterocycles. The van der Waals surface area contributed by atoms with Gasteiger partial charge in [-0.25, -0.2) is 0 Å². The average Bonchev–Trinajstić information content (AvgIpc) is 2.47. The van der Waals surface area contributed by atoms with E-state index in [4.69, 9.17) is 9.47 Å². The van der Waals surface area contributed by atoms with E-state index in [1.165, 1.54) is 19.2 Å². The van der Waals surface area contributed by atoms with E-state index in [-0.39, 0.29) is 12.1 Å². The lowest BCUT2D eigenvalue weighted by molar-refractivity contribution is -0.385. The Kier molecular flexibility index (Phi) is 4.42. The van der Waals surface area contributed by atoms with E-state index in [1.54, 1.807) is 6.07 Å². The standard InChI is InChI=1S/C14H17NO6/c1-20-12-7-10(6-11(8-12)15(18)19)9-14(13(16)17)2-4-21-5-3-14/h6-8H,2-5,9H2,1H3,(H,16,17). The molecule has 1 N–H and O–H groups in total. The Morgan fingerprint density at radius 1 is 1.43 bits per heavy atom. The maximum absolute atomic E-state index is 11.6. The molecule has 1 aromatic rings. The third kappa shape index (κ3) is 3.30. The van der Waals surface area contributed by atoms with E-state index in [0.29, 0.717) is 37.4 Å². The van der Waals surface area contributed by atoms with Crippen molar-refractivity contribution in [2.75, 3.05) is 20.3 Å². The summed E-state index contributed by atoms with van der Waals surface area (Å²) in [6.07, 6.45) is 1.02. The minimum absolute atomic E-state index is 0.100. The van der Waals surface area contributed by atoms with E-state index in [9.17, 15) is 20.0 Å². The molecule has 1 aliphatic rings. The van der Waals surface area contributed by atoms with Gasteiger partial charge in [-0.05, 0) is 30.9 Å². The summed E-state index contributed by atoms with van der Waals surface area (Å²) < 4.78 is 10.3. The number of rotatable bonds is 5. The van der Waals surface area contributed by atoms with Crippen LogP contribution in [0.1, 0.15) is 18.4 Å². The molecule has 0 aliphatic carbocycles. The number of nitro benzene ring substituents is 1. The van der Waals surface area contributed by atoms with E-state index < -0.39 is 16.3 Å². The zero-order valence-corrected chi connectivity index (χ0v) is 11.7. The van der Waals surface area contributed by atoms with Gasteiger partial charge < -0.3 is 14.6 Å². The van der Waals surface area contributed by atoms with E-state index >= 15 is 0 Å². The number of nitrogens with zero attached hydrogens (tertiary/aromatic N) is 1. The van der Waals surface area contributed by atoms with Crippen molar-refractivity contribution >= 4 is 11.7 Å². The first kappa shape index (κ1) is 15.2. The molecule has 0 radical (unpaired) electrons. The Hall–Kier alpha value is -2.15. The van der Waals surface area contributed by atoms with E-state index in [1.807, 2.05) is 0 Å². The molecule has 0 amide bonds. The molecule has 1 aromatic carbocycles. The Morgan fingerprint density at radius 2 is 2.10 bits per heavy atom. The first-order chi connectivity index (χ1) is 9.97. The van der Waals surface area contributed by atoms with Crippen LogP contribution in [0.5, 0.6) is 5.75 Å². The van der Waals surface area contributed by atoms with Crippen molar-refractivity contribution in [3.05, 3.63) is 33.9 Å². The first-order valence-corrected chi connectivity index (χ1v) is 6.60. The number of nitro groups is 1. The van der Waals surface area contributed by atoms with Crippen LogP contribution in [0.2, 0.25) is 0 Å². The molecule has 2 rings (SSSR count). The molecule has 7 heteroatoms. The molecule has 0 spiro atoms. The number of methoxy groups -OCH3 is 1. The monoisotopic (exact) mass is 295 g/mol. The van der Waals surface area contributed by atoms with Crippen LogP contribution >= 0.6 is 0 Å². The third-order valence-corrected chi connectivity index (χ3v) is 3.84. The Labute approximate surface area is 121 Å². The summed E-state index contributed by atoms with van der Waals surface area (Å²) in [5.41, 5.74) is -0.444. The number of carbonyl (C=O) groups is 1. The molecule has 0 saturated carbocycles. The number of aliphatic carboxylic acids is 1. The fourth-order valence-electron chi connectivity index (χ4n) is 2.59. The highest BCUT2D eigenvalue weighted by atomic mass is 16.6. The summed E-state index contributed by atoms with van der Waals surface area (Å²) >= 11 is 0. The number of hydrogen-bond acceptors (Lipinski definition) is 5. The minimum atomic E-state index is -0.932. The van der Waals surface area contributed by atoms with Crippen molar-refractivity contribution in [1.29, 1.82) is 0 Å². The third-order valence-electron chi connectivity index (χ3n) is 3.84. The number of carboxylic acids is 1. The van der Waals surface area contributed by atoms with Crippen molar-refractivity contribution in [3.8, 4) is 5.75 Å². The van der Waals surface area contributed by atoms with Gasteiger partial charge in [-0.1, -0.05) is 0 Å². The Morgan fingerprint density at radius 3 is 2.62 bits per heavy atom. The van der Waals surface area contributed by atoms with Gasteiger partial charge in [-0.2, -0.15) is 0 Å². The van der Waals surface area contributed by atoms with Crippen molar-refractivity contribution in [2.45, 2.75) is 19.3 Å². The predicted molar refractivity (Wildman–Crippen MR) is 73.5 cm³/mol. The lowest BCUT2D eigenvalue weighted by Crippen LogP contribution is -2.39. The van der Waals surface area contributed by atoms with Gasteiger partial charge in [-0.15, -0.1) is 0 Å². The Balaban J connectivity index is 2.34. The van der Waals surface area contributed by atoms with Crippen LogP contribution in [0.4, 0.5) is 5.69 Å². The molecule has 114 valence electrons. The minimum Gasteiger partial charge on any atom is -0.496 e. The number of carboxylic acid groups (broad SMARTS) is 1. The normalized spacial score (nSPS) is 17.2. The molecular weight excluding hydrogens is 278 g/mol. The fraction of sp³-hybridized carbons (Fsp3) is 0.500. The second kappa shape index (κ2) is 6.09. The van der Waals surface area contributed by atoms with Gasteiger partial charge in [0.1, 0.15) is 5.75 Å². The summed E-state index contributed by atoms with van der Waals surface area (Å²) in [5, 5.41) is 20.5. The van der Waals surface area contributed by atoms with Gasteiger partial charge in [-0.3, -0.25) is 14.9 Å². The molecule has 7 nitrogen and oxygen atoms in total. The highest BCUT2D eigenvalue weighted by Crippen LogP contribution is 2.36. The molecule has 0 unspecified atom stereocenters. The van der Waals surface area contributed by atoms with Crippen LogP contribution in [-0.2, 0) is 16.0 Å². The van der Waals surface area contributed by atoms with Gasteiger partial charge in [0.15, 0.2) is 0 Å². The maximum atomic E-state index is 11.6. The van der Waals surface area contributed by atoms with Gasteiger partial charge in [0, 0.05) is 19.3 Å². The van der Waals surface area contributed by atoms with Crippen molar-refractivity contribution in [2.24, 2.45) is 5.41 Å². The molecule has 1 fully saturated rings. The summed E-state index contributed by atoms with van der Waals surface area (Å²) in [6, 6.07) is 4.37. The predicted octanol–water partition coefficient (Wildman–Crippen LogP) is 2.03. The van der Waals surface area contributed by atoms with Crippen LogP contribution in [0.25, 0.3) is 0 Å². The van der Waals surface area contributed by atoms with Crippen LogP contribution in [0, 0.1) is 15.5 Å². The highest BCUT2D eigenvalue weighted by Gasteiger charge is 2.40. The van der Waals surface area contributed by atoms with Gasteiger partial charge in [0.2, 0.25) is 0 Å². The molecule has 1 saturated heterocycles. The molecular formula is C14H17NO6. The molecule has 1 aliphatic heterocycles. The maximum Gasteiger partial charge on any atom is 0.310 e. The second-order valence-corrected chi connectivity index (χ2v) is 5.17. The zero-order chi connectivity index (χ0) is 15.5. The van der Waals surface area contributed by atoms with Crippen LogP contribution in [0.15, 0.2) is 18.2 Å². The number of ether oxygens (including phenoxy) is 2. The molecule has 21 heavy (non-hydrogen) atoms. The summed E-state index contributed by atoms with van der Waals surface area (Å²) in [5.74, 6) is -0.539. The molecule has 0 bridgehead atoms. The van der Waals surface area contributed by atoms with Gasteiger partial charge in [0.05, 0.1) is 23.5 Å². The largest absolute Gasteiger partial charge is 0.496 e. The van der Waals surface area contributed by atoms with Crippen molar-refractivity contribution in [1.82, 2.24) is 0 Å². The summed E-state index contributed by atoms with van der Waals surface area (Å²) in [6.45, 7) is 0.775. The first-order valence-electron chi connectivity index (χ1n) is 6.60. The van der Waals surface area contributed by atoms with E-state index in [2.05, 4.69) is 0 Å². The van der Waals surface area contributed by atoms with Gasteiger partial charge >= 0.3 is 5.97 Å². The topological polar surface area (TPSA) is 98.9 Å². The summed E-state index contributed by atoms with van der Waals surface area (Å²) in [7, 11) is 1.42. The zero-order valence-electron chi connectivity index (χ0n) is 11.7. The molecule has 0 aromatic heterocycles. The Bertz CT molecular complexity index is 550. The average molecular weight is 295 g/mol. The SMILES string of the molecule is COc1cc(CC2(C(=O)O)CCOCC2)cc([N+](=O)[O-])c1. The number of non-ortho nitro benzene ring substituents is 1. The summed E-state index contributed by atoms with van der Waals surface area (Å²) in [4.78, 5) is 22.1. The fourth-order valence-corrected chi connectivity index (χ4v) is 2.59. The van der Waals surface area contributed by atoms with E-state index in [0.717, 1.165) is 0 Å². The van der Waals surface area contributed by atoms with Crippen LogP contribution in [-0.4, -0.2) is 36.3 Å². The quantitative estimate of drug-likeness (QED) is 0.659. The van der Waals surface area contributed by atoms with Crippen molar-refractivity contribution < 1.29 is 24.3 Å². The number of hydrogen-bond donors (Lipinski definition) is 1. The second-order valence-electron chi connectivity index (χ2n) is 5.17. The van der Waals surface area contributed by atoms with Crippen LogP contribution in [0.3, 0.4) is 0 Å². The molecule has 0 atom stereocenters. The number of benzene rings is 1. The smallest absolute Gasteiger partial charge is 0.310 e. The highest BCUT2D eigenvalue weighted by molar-refractivity contribution is 5.75.